The first-order valence-corrected chi connectivity index (χ1v) is 6.38. The molecule has 2 nitrogen and oxygen atoms in total. The fraction of sp³-hybridized carbons (Fsp3) is 0.400. The summed E-state index contributed by atoms with van der Waals surface area (Å²) in [5, 5.41) is 1.29. The molecule has 2 aromatic rings. The summed E-state index contributed by atoms with van der Waals surface area (Å²) in [5.41, 5.74) is 1.28. The van der Waals surface area contributed by atoms with E-state index in [1.54, 1.807) is 0 Å². The van der Waals surface area contributed by atoms with E-state index in [1.165, 1.54) is 17.3 Å². The Labute approximate surface area is 101 Å². The number of Topliss-reactive ketones (excluding diaryl/α,β-unsaturated/α-hetero) is 1. The molecule has 1 atom stereocenters. The van der Waals surface area contributed by atoms with Crippen LogP contribution in [0.3, 0.4) is 0 Å². The third-order valence-electron chi connectivity index (χ3n) is 3.72. The number of fused-ring (bicyclic) bond motifs is 1. The van der Waals surface area contributed by atoms with E-state index in [9.17, 15) is 4.79 Å². The van der Waals surface area contributed by atoms with Gasteiger partial charge in [0.15, 0.2) is 0 Å². The number of hydrogen-bond donors (Lipinski definition) is 0. The van der Waals surface area contributed by atoms with E-state index in [0.29, 0.717) is 11.7 Å². The molecule has 1 heterocycles. The summed E-state index contributed by atoms with van der Waals surface area (Å²) >= 11 is 0. The second-order valence-electron chi connectivity index (χ2n) is 5.03. The molecule has 88 valence electrons. The number of benzene rings is 1. The molecular weight excluding hydrogens is 210 g/mol. The predicted molar refractivity (Wildman–Crippen MR) is 68.9 cm³/mol. The van der Waals surface area contributed by atoms with Crippen molar-refractivity contribution in [3.63, 3.8) is 0 Å². The molecule has 1 aromatic carbocycles. The van der Waals surface area contributed by atoms with E-state index < -0.39 is 0 Å². The minimum atomic E-state index is 0.442. The fourth-order valence-corrected chi connectivity index (χ4v) is 2.85. The molecule has 17 heavy (non-hydrogen) atoms. The first-order chi connectivity index (χ1) is 8.33. The van der Waals surface area contributed by atoms with Crippen molar-refractivity contribution in [1.29, 1.82) is 0 Å². The standard InChI is InChI=1S/C15H17NO/c17-14-6-3-4-12(10-14)11-16-9-8-13-5-1-2-7-15(13)16/h1-2,5,7-9,12H,3-4,6,10-11H2/t12-/m1/s1. The smallest absolute Gasteiger partial charge is 0.133 e. The zero-order chi connectivity index (χ0) is 11.7. The van der Waals surface area contributed by atoms with E-state index in [-0.39, 0.29) is 0 Å². The van der Waals surface area contributed by atoms with Crippen LogP contribution in [-0.2, 0) is 11.3 Å². The Kier molecular flexibility index (Phi) is 2.71. The van der Waals surface area contributed by atoms with E-state index in [0.717, 1.165) is 25.8 Å². The van der Waals surface area contributed by atoms with Gasteiger partial charge in [0, 0.05) is 31.1 Å². The maximum Gasteiger partial charge on any atom is 0.133 e. The number of ketones is 1. The Balaban J connectivity index is 1.82. The van der Waals surface area contributed by atoms with Gasteiger partial charge in [0.2, 0.25) is 0 Å². The molecule has 1 aliphatic rings. The third-order valence-corrected chi connectivity index (χ3v) is 3.72. The van der Waals surface area contributed by atoms with Crippen LogP contribution in [-0.4, -0.2) is 10.4 Å². The summed E-state index contributed by atoms with van der Waals surface area (Å²) in [6.45, 7) is 0.985. The van der Waals surface area contributed by atoms with Crippen LogP contribution in [0.1, 0.15) is 25.7 Å². The lowest BCUT2D eigenvalue weighted by Gasteiger charge is -2.21. The van der Waals surface area contributed by atoms with Crippen molar-refractivity contribution in [3.05, 3.63) is 36.5 Å². The number of para-hydroxylation sites is 1. The summed E-state index contributed by atoms with van der Waals surface area (Å²) in [6.07, 6.45) is 5.97. The van der Waals surface area contributed by atoms with Gasteiger partial charge in [0.1, 0.15) is 5.78 Å². The van der Waals surface area contributed by atoms with E-state index in [1.807, 2.05) is 0 Å². The van der Waals surface area contributed by atoms with Gasteiger partial charge in [-0.05, 0) is 36.3 Å². The van der Waals surface area contributed by atoms with E-state index in [2.05, 4.69) is 41.1 Å². The Morgan fingerprint density at radius 3 is 3.00 bits per heavy atom. The van der Waals surface area contributed by atoms with Crippen molar-refractivity contribution in [2.75, 3.05) is 0 Å². The SMILES string of the molecule is O=C1CCC[C@@H](Cn2ccc3ccccc32)C1. The molecular formula is C15H17NO. The first-order valence-electron chi connectivity index (χ1n) is 6.38. The van der Waals surface area contributed by atoms with Crippen LogP contribution in [0.15, 0.2) is 36.5 Å². The number of aromatic nitrogens is 1. The summed E-state index contributed by atoms with van der Waals surface area (Å²) in [5.74, 6) is 0.977. The fourth-order valence-electron chi connectivity index (χ4n) is 2.85. The summed E-state index contributed by atoms with van der Waals surface area (Å²) in [4.78, 5) is 11.5. The van der Waals surface area contributed by atoms with Crippen molar-refractivity contribution in [2.45, 2.75) is 32.2 Å². The van der Waals surface area contributed by atoms with Crippen molar-refractivity contribution < 1.29 is 4.79 Å². The number of carbonyl (C=O) groups excluding carboxylic acids is 1. The molecule has 2 heteroatoms. The van der Waals surface area contributed by atoms with Crippen molar-refractivity contribution in [3.8, 4) is 0 Å². The molecule has 3 rings (SSSR count). The molecule has 0 radical (unpaired) electrons. The average Bonchev–Trinajstić information content (AvgIpc) is 2.73. The van der Waals surface area contributed by atoms with Gasteiger partial charge in [-0.2, -0.15) is 0 Å². The van der Waals surface area contributed by atoms with Gasteiger partial charge in [-0.15, -0.1) is 0 Å². The molecule has 0 N–H and O–H groups in total. The monoisotopic (exact) mass is 227 g/mol. The Morgan fingerprint density at radius 1 is 1.24 bits per heavy atom. The zero-order valence-corrected chi connectivity index (χ0v) is 9.93. The molecule has 1 saturated carbocycles. The van der Waals surface area contributed by atoms with Gasteiger partial charge in [0.25, 0.3) is 0 Å². The minimum absolute atomic E-state index is 0.442. The summed E-state index contributed by atoms with van der Waals surface area (Å²) in [6, 6.07) is 10.6. The van der Waals surface area contributed by atoms with Crippen LogP contribution in [0, 0.1) is 5.92 Å². The number of carbonyl (C=O) groups is 1. The van der Waals surface area contributed by atoms with E-state index in [4.69, 9.17) is 0 Å². The predicted octanol–water partition coefficient (Wildman–Crippen LogP) is 3.40. The maximum atomic E-state index is 11.5. The Morgan fingerprint density at radius 2 is 2.12 bits per heavy atom. The second kappa shape index (κ2) is 4.36. The minimum Gasteiger partial charge on any atom is -0.347 e. The highest BCUT2D eigenvalue weighted by Crippen LogP contribution is 2.25. The van der Waals surface area contributed by atoms with Gasteiger partial charge in [0.05, 0.1) is 0 Å². The van der Waals surface area contributed by atoms with Gasteiger partial charge in [-0.1, -0.05) is 18.2 Å². The van der Waals surface area contributed by atoms with Crippen LogP contribution < -0.4 is 0 Å². The van der Waals surface area contributed by atoms with Gasteiger partial charge in [-0.3, -0.25) is 4.79 Å². The Bertz CT molecular complexity index is 541. The lowest BCUT2D eigenvalue weighted by Crippen LogP contribution is -2.19. The van der Waals surface area contributed by atoms with Crippen molar-refractivity contribution in [2.24, 2.45) is 5.92 Å². The highest BCUT2D eigenvalue weighted by atomic mass is 16.1. The average molecular weight is 227 g/mol. The molecule has 0 unspecified atom stereocenters. The largest absolute Gasteiger partial charge is 0.347 e. The molecule has 1 aromatic heterocycles. The molecule has 0 aliphatic heterocycles. The number of nitrogens with zero attached hydrogens (tertiary/aromatic N) is 1. The van der Waals surface area contributed by atoms with Crippen LogP contribution in [0.2, 0.25) is 0 Å². The van der Waals surface area contributed by atoms with Crippen LogP contribution in [0.25, 0.3) is 10.9 Å². The lowest BCUT2D eigenvalue weighted by atomic mass is 9.88. The second-order valence-corrected chi connectivity index (χ2v) is 5.03. The van der Waals surface area contributed by atoms with Crippen LogP contribution in [0.5, 0.6) is 0 Å². The van der Waals surface area contributed by atoms with E-state index >= 15 is 0 Å². The van der Waals surface area contributed by atoms with Gasteiger partial charge >= 0.3 is 0 Å². The Hall–Kier alpha value is -1.57. The lowest BCUT2D eigenvalue weighted by molar-refractivity contribution is -0.121. The molecule has 0 saturated heterocycles. The molecule has 0 spiro atoms. The number of hydrogen-bond acceptors (Lipinski definition) is 1. The molecule has 0 bridgehead atoms. The zero-order valence-electron chi connectivity index (χ0n) is 9.93. The molecule has 1 aliphatic carbocycles. The first kappa shape index (κ1) is 10.6. The van der Waals surface area contributed by atoms with Gasteiger partial charge < -0.3 is 4.57 Å². The topological polar surface area (TPSA) is 22.0 Å². The number of rotatable bonds is 2. The van der Waals surface area contributed by atoms with Crippen LogP contribution >= 0.6 is 0 Å². The van der Waals surface area contributed by atoms with Crippen molar-refractivity contribution >= 4 is 16.7 Å². The van der Waals surface area contributed by atoms with Gasteiger partial charge in [-0.25, -0.2) is 0 Å². The quantitative estimate of drug-likeness (QED) is 0.770. The van der Waals surface area contributed by atoms with Crippen molar-refractivity contribution in [1.82, 2.24) is 4.57 Å². The molecule has 1 fully saturated rings. The molecule has 0 amide bonds. The summed E-state index contributed by atoms with van der Waals surface area (Å²) in [7, 11) is 0. The normalized spacial score (nSPS) is 20.9. The maximum absolute atomic E-state index is 11.5. The van der Waals surface area contributed by atoms with Crippen LogP contribution in [0.4, 0.5) is 0 Å². The highest BCUT2D eigenvalue weighted by molar-refractivity contribution is 5.80. The highest BCUT2D eigenvalue weighted by Gasteiger charge is 2.19. The summed E-state index contributed by atoms with van der Waals surface area (Å²) < 4.78 is 2.29. The third kappa shape index (κ3) is 2.12.